The van der Waals surface area contributed by atoms with Crippen LogP contribution in [0.15, 0.2) is 33.2 Å². The molecule has 0 amide bonds. The van der Waals surface area contributed by atoms with Crippen molar-refractivity contribution in [2.75, 3.05) is 6.61 Å². The standard InChI is InChI=1S/C14H19Br2NO/c1-4-5-6-18-14-12(15)7-11(8-13(14)16)9-17-10(2)3/h4-5,7-8,10,17H,6,9H2,1-3H3/b5-4+. The van der Waals surface area contributed by atoms with Crippen LogP contribution in [0.4, 0.5) is 0 Å². The highest BCUT2D eigenvalue weighted by Crippen LogP contribution is 2.34. The third kappa shape index (κ3) is 5.12. The lowest BCUT2D eigenvalue weighted by Gasteiger charge is -2.13. The van der Waals surface area contributed by atoms with Crippen LogP contribution >= 0.6 is 31.9 Å². The van der Waals surface area contributed by atoms with Gasteiger partial charge in [0.25, 0.3) is 0 Å². The Labute approximate surface area is 126 Å². The summed E-state index contributed by atoms with van der Waals surface area (Å²) in [6.45, 7) is 7.69. The van der Waals surface area contributed by atoms with Crippen LogP contribution in [-0.2, 0) is 6.54 Å². The van der Waals surface area contributed by atoms with Crippen molar-refractivity contribution in [1.82, 2.24) is 5.32 Å². The molecule has 0 bridgehead atoms. The number of nitrogens with one attached hydrogen (secondary N) is 1. The van der Waals surface area contributed by atoms with E-state index in [1.54, 1.807) is 0 Å². The molecular formula is C14H19Br2NO. The fraction of sp³-hybridized carbons (Fsp3) is 0.429. The Balaban J connectivity index is 2.77. The van der Waals surface area contributed by atoms with E-state index in [1.165, 1.54) is 5.56 Å². The summed E-state index contributed by atoms with van der Waals surface area (Å²) in [6, 6.07) is 4.66. The maximum atomic E-state index is 5.69. The van der Waals surface area contributed by atoms with Gasteiger partial charge in [-0.15, -0.1) is 0 Å². The highest BCUT2D eigenvalue weighted by molar-refractivity contribution is 9.11. The highest BCUT2D eigenvalue weighted by atomic mass is 79.9. The SMILES string of the molecule is C/C=C/COc1c(Br)cc(CNC(C)C)cc1Br. The number of rotatable bonds is 6. The Hall–Kier alpha value is -0.320. The molecule has 1 rings (SSSR count). The zero-order valence-electron chi connectivity index (χ0n) is 11.0. The van der Waals surface area contributed by atoms with Crippen LogP contribution < -0.4 is 10.1 Å². The van der Waals surface area contributed by atoms with Crippen molar-refractivity contribution in [2.24, 2.45) is 0 Å². The Bertz CT molecular complexity index is 393. The normalized spacial score (nSPS) is 11.4. The third-order valence-electron chi connectivity index (χ3n) is 2.33. The summed E-state index contributed by atoms with van der Waals surface area (Å²) in [5, 5.41) is 3.39. The molecule has 0 aliphatic heterocycles. The topological polar surface area (TPSA) is 21.3 Å². The minimum Gasteiger partial charge on any atom is -0.487 e. The summed E-state index contributed by atoms with van der Waals surface area (Å²) < 4.78 is 7.64. The fourth-order valence-electron chi connectivity index (χ4n) is 1.40. The number of hydrogen-bond acceptors (Lipinski definition) is 2. The van der Waals surface area contributed by atoms with Crippen molar-refractivity contribution >= 4 is 31.9 Å². The lowest BCUT2D eigenvalue weighted by Crippen LogP contribution is -2.21. The average Bonchev–Trinajstić information content (AvgIpc) is 2.30. The fourth-order valence-corrected chi connectivity index (χ4v) is 2.91. The summed E-state index contributed by atoms with van der Waals surface area (Å²) in [5.74, 6) is 0.849. The predicted octanol–water partition coefficient (Wildman–Crippen LogP) is 4.66. The van der Waals surface area contributed by atoms with Gasteiger partial charge in [-0.05, 0) is 56.5 Å². The lowest BCUT2D eigenvalue weighted by atomic mass is 10.2. The third-order valence-corrected chi connectivity index (χ3v) is 3.51. The van der Waals surface area contributed by atoms with E-state index in [4.69, 9.17) is 4.74 Å². The quantitative estimate of drug-likeness (QED) is 0.728. The number of ether oxygens (including phenoxy) is 1. The van der Waals surface area contributed by atoms with E-state index in [-0.39, 0.29) is 0 Å². The van der Waals surface area contributed by atoms with E-state index >= 15 is 0 Å². The van der Waals surface area contributed by atoms with Crippen LogP contribution in [0, 0.1) is 0 Å². The van der Waals surface area contributed by atoms with Gasteiger partial charge in [-0.1, -0.05) is 26.0 Å². The Morgan fingerprint density at radius 3 is 2.39 bits per heavy atom. The molecule has 0 saturated carbocycles. The van der Waals surface area contributed by atoms with Crippen LogP contribution in [0.1, 0.15) is 26.3 Å². The maximum absolute atomic E-state index is 5.69. The molecule has 0 fully saturated rings. The van der Waals surface area contributed by atoms with Gasteiger partial charge in [-0.3, -0.25) is 0 Å². The highest BCUT2D eigenvalue weighted by Gasteiger charge is 2.08. The second-order valence-electron chi connectivity index (χ2n) is 4.30. The van der Waals surface area contributed by atoms with Crippen LogP contribution in [-0.4, -0.2) is 12.6 Å². The van der Waals surface area contributed by atoms with Gasteiger partial charge in [0.2, 0.25) is 0 Å². The molecule has 2 nitrogen and oxygen atoms in total. The van der Waals surface area contributed by atoms with Crippen molar-refractivity contribution in [2.45, 2.75) is 33.4 Å². The molecule has 4 heteroatoms. The summed E-state index contributed by atoms with van der Waals surface area (Å²) >= 11 is 7.10. The summed E-state index contributed by atoms with van der Waals surface area (Å²) in [7, 11) is 0. The van der Waals surface area contributed by atoms with Crippen LogP contribution in [0.2, 0.25) is 0 Å². The molecule has 0 aliphatic rings. The number of halogens is 2. The molecular weight excluding hydrogens is 358 g/mol. The molecule has 1 aromatic carbocycles. The monoisotopic (exact) mass is 375 g/mol. The maximum Gasteiger partial charge on any atom is 0.148 e. The van der Waals surface area contributed by atoms with E-state index in [1.807, 2.05) is 19.1 Å². The van der Waals surface area contributed by atoms with Crippen LogP contribution in [0.5, 0.6) is 5.75 Å². The lowest BCUT2D eigenvalue weighted by molar-refractivity contribution is 0.358. The van der Waals surface area contributed by atoms with Gasteiger partial charge in [0.15, 0.2) is 0 Å². The van der Waals surface area contributed by atoms with Crippen LogP contribution in [0.25, 0.3) is 0 Å². The second kappa shape index (κ2) is 7.97. The molecule has 18 heavy (non-hydrogen) atoms. The largest absolute Gasteiger partial charge is 0.487 e. The Kier molecular flexibility index (Phi) is 6.97. The number of allylic oxidation sites excluding steroid dienone is 1. The molecule has 0 aromatic heterocycles. The van der Waals surface area contributed by atoms with Crippen LogP contribution in [0.3, 0.4) is 0 Å². The molecule has 0 aliphatic carbocycles. The van der Waals surface area contributed by atoms with E-state index in [2.05, 4.69) is 63.2 Å². The van der Waals surface area contributed by atoms with Crippen molar-refractivity contribution in [3.8, 4) is 5.75 Å². The molecule has 1 N–H and O–H groups in total. The van der Waals surface area contributed by atoms with Gasteiger partial charge in [0.1, 0.15) is 12.4 Å². The summed E-state index contributed by atoms with van der Waals surface area (Å²) in [6.07, 6.45) is 3.95. The average molecular weight is 377 g/mol. The molecule has 0 spiro atoms. The van der Waals surface area contributed by atoms with E-state index < -0.39 is 0 Å². The zero-order valence-corrected chi connectivity index (χ0v) is 14.1. The molecule has 0 saturated heterocycles. The smallest absolute Gasteiger partial charge is 0.148 e. The van der Waals surface area contributed by atoms with Gasteiger partial charge >= 0.3 is 0 Å². The molecule has 100 valence electrons. The number of benzene rings is 1. The van der Waals surface area contributed by atoms with E-state index in [0.717, 1.165) is 21.2 Å². The number of hydrogen-bond donors (Lipinski definition) is 1. The molecule has 0 radical (unpaired) electrons. The Morgan fingerprint density at radius 2 is 1.89 bits per heavy atom. The first-order chi connectivity index (χ1) is 8.54. The van der Waals surface area contributed by atoms with Gasteiger partial charge in [-0.2, -0.15) is 0 Å². The van der Waals surface area contributed by atoms with E-state index in [0.29, 0.717) is 12.6 Å². The molecule has 0 heterocycles. The zero-order chi connectivity index (χ0) is 13.5. The minimum atomic E-state index is 0.480. The second-order valence-corrected chi connectivity index (χ2v) is 6.01. The van der Waals surface area contributed by atoms with Gasteiger partial charge < -0.3 is 10.1 Å². The van der Waals surface area contributed by atoms with Crippen molar-refractivity contribution < 1.29 is 4.74 Å². The Morgan fingerprint density at radius 1 is 1.28 bits per heavy atom. The molecule has 1 aromatic rings. The van der Waals surface area contributed by atoms with Gasteiger partial charge in [0, 0.05) is 12.6 Å². The van der Waals surface area contributed by atoms with Gasteiger partial charge in [0.05, 0.1) is 8.95 Å². The first-order valence-electron chi connectivity index (χ1n) is 5.99. The minimum absolute atomic E-state index is 0.480. The predicted molar refractivity (Wildman–Crippen MR) is 84.1 cm³/mol. The van der Waals surface area contributed by atoms with Gasteiger partial charge in [-0.25, -0.2) is 0 Å². The summed E-state index contributed by atoms with van der Waals surface area (Å²) in [4.78, 5) is 0. The van der Waals surface area contributed by atoms with Crippen molar-refractivity contribution in [3.63, 3.8) is 0 Å². The summed E-state index contributed by atoms with van der Waals surface area (Å²) in [5.41, 5.74) is 1.22. The van der Waals surface area contributed by atoms with Crippen molar-refractivity contribution in [3.05, 3.63) is 38.8 Å². The first-order valence-corrected chi connectivity index (χ1v) is 7.58. The molecule has 0 atom stereocenters. The first kappa shape index (κ1) is 15.7. The van der Waals surface area contributed by atoms with E-state index in [9.17, 15) is 0 Å². The van der Waals surface area contributed by atoms with Crippen molar-refractivity contribution in [1.29, 1.82) is 0 Å². The molecule has 0 unspecified atom stereocenters.